The number of aromatic amines is 1. The highest BCUT2D eigenvalue weighted by Gasteiger charge is 2.38. The summed E-state index contributed by atoms with van der Waals surface area (Å²) in [6, 6.07) is 9.29. The molecule has 7 nitrogen and oxygen atoms in total. The molecule has 0 radical (unpaired) electrons. The highest BCUT2D eigenvalue weighted by atomic mass is 16.2. The number of imidazole rings is 1. The number of carbonyl (C=O) groups is 1. The molecule has 1 amide bonds. The van der Waals surface area contributed by atoms with E-state index in [1.807, 2.05) is 44.2 Å². The molecule has 150 valence electrons. The number of anilines is 1. The second-order valence-corrected chi connectivity index (χ2v) is 8.61. The normalized spacial score (nSPS) is 18.8. The fraction of sp³-hybridized carbons (Fsp3) is 0.409. The molecular weight excluding hydrogens is 366 g/mol. The van der Waals surface area contributed by atoms with Crippen molar-refractivity contribution in [1.82, 2.24) is 19.9 Å². The highest BCUT2D eigenvalue weighted by molar-refractivity contribution is 6.03. The van der Waals surface area contributed by atoms with Crippen molar-refractivity contribution in [3.05, 3.63) is 52.6 Å². The zero-order valence-electron chi connectivity index (χ0n) is 16.7. The van der Waals surface area contributed by atoms with Crippen molar-refractivity contribution in [2.24, 2.45) is 5.92 Å². The largest absolute Gasteiger partial charge is 0.348 e. The van der Waals surface area contributed by atoms with Crippen LogP contribution in [0.15, 0.2) is 41.3 Å². The Morgan fingerprint density at radius 2 is 1.97 bits per heavy atom. The number of rotatable bonds is 3. The number of fused-ring (bicyclic) bond motifs is 2. The van der Waals surface area contributed by atoms with Crippen LogP contribution in [0.2, 0.25) is 0 Å². The summed E-state index contributed by atoms with van der Waals surface area (Å²) in [5.41, 5.74) is 2.81. The van der Waals surface area contributed by atoms with E-state index in [1.54, 1.807) is 10.8 Å². The number of amides is 1. The zero-order valence-corrected chi connectivity index (χ0v) is 16.7. The Balaban J connectivity index is 1.65. The first-order chi connectivity index (χ1) is 13.9. The first-order valence-electron chi connectivity index (χ1n) is 10.2. The third kappa shape index (κ3) is 2.92. The van der Waals surface area contributed by atoms with E-state index >= 15 is 0 Å². The second-order valence-electron chi connectivity index (χ2n) is 8.61. The molecule has 3 aromatic rings. The van der Waals surface area contributed by atoms with Crippen LogP contribution in [0.4, 0.5) is 5.69 Å². The van der Waals surface area contributed by atoms with Crippen molar-refractivity contribution in [1.29, 1.82) is 0 Å². The summed E-state index contributed by atoms with van der Waals surface area (Å²) < 4.78 is 1.62. The Hall–Kier alpha value is -3.09. The fourth-order valence-corrected chi connectivity index (χ4v) is 4.76. The lowest BCUT2D eigenvalue weighted by molar-refractivity contribution is 0.0895. The Morgan fingerprint density at radius 3 is 2.76 bits per heavy atom. The first kappa shape index (κ1) is 18.0. The monoisotopic (exact) mass is 391 g/mol. The molecule has 2 aliphatic rings. The minimum absolute atomic E-state index is 0.0767. The molecule has 5 rings (SSSR count). The zero-order chi connectivity index (χ0) is 20.2. The van der Waals surface area contributed by atoms with Crippen LogP contribution in [0.25, 0.3) is 16.9 Å². The summed E-state index contributed by atoms with van der Waals surface area (Å²) in [5, 5.41) is 3.13. The maximum absolute atomic E-state index is 12.7. The molecule has 0 spiro atoms. The van der Waals surface area contributed by atoms with Crippen molar-refractivity contribution in [2.75, 3.05) is 11.4 Å². The summed E-state index contributed by atoms with van der Waals surface area (Å²) in [4.78, 5) is 34.7. The minimum atomic E-state index is -0.488. The number of hydrogen-bond donors (Lipinski definition) is 2. The van der Waals surface area contributed by atoms with Gasteiger partial charge in [0.15, 0.2) is 5.65 Å². The number of H-pyrrole nitrogens is 1. The molecule has 3 heterocycles. The maximum Gasteiger partial charge on any atom is 0.332 e. The Labute approximate surface area is 168 Å². The van der Waals surface area contributed by atoms with Gasteiger partial charge in [-0.05, 0) is 62.9 Å². The molecule has 0 bridgehead atoms. The molecule has 1 aromatic carbocycles. The molecule has 1 aliphatic carbocycles. The quantitative estimate of drug-likeness (QED) is 0.718. The smallest absolute Gasteiger partial charge is 0.332 e. The number of pyridine rings is 1. The summed E-state index contributed by atoms with van der Waals surface area (Å²) in [7, 11) is 0. The molecule has 0 atom stereocenters. The lowest BCUT2D eigenvalue weighted by Crippen LogP contribution is -2.61. The molecule has 2 aromatic heterocycles. The number of nitrogens with zero attached hydrogens (tertiary/aromatic N) is 3. The number of aromatic nitrogens is 3. The number of hydrogen-bond acceptors (Lipinski definition) is 4. The SMILES string of the molecule is CC1(C)NC(=O)c2ccc(-n3c(=O)[nH]c4ncccc43)cc2N1CC1CCCC1. The Morgan fingerprint density at radius 1 is 1.17 bits per heavy atom. The maximum atomic E-state index is 12.7. The molecule has 2 N–H and O–H groups in total. The average molecular weight is 391 g/mol. The van der Waals surface area contributed by atoms with Crippen LogP contribution in [0.1, 0.15) is 49.9 Å². The number of nitrogens with one attached hydrogen (secondary N) is 2. The van der Waals surface area contributed by atoms with Gasteiger partial charge < -0.3 is 10.2 Å². The molecule has 7 heteroatoms. The van der Waals surface area contributed by atoms with E-state index in [4.69, 9.17) is 0 Å². The van der Waals surface area contributed by atoms with E-state index in [0.717, 1.165) is 23.4 Å². The van der Waals surface area contributed by atoms with Crippen molar-refractivity contribution in [3.8, 4) is 5.69 Å². The van der Waals surface area contributed by atoms with Gasteiger partial charge in [-0.1, -0.05) is 12.8 Å². The van der Waals surface area contributed by atoms with Crippen LogP contribution >= 0.6 is 0 Å². The van der Waals surface area contributed by atoms with E-state index in [1.165, 1.54) is 25.7 Å². The van der Waals surface area contributed by atoms with Crippen LogP contribution in [-0.2, 0) is 0 Å². The Kier molecular flexibility index (Phi) is 4.01. The van der Waals surface area contributed by atoms with Crippen LogP contribution in [0, 0.1) is 5.92 Å². The lowest BCUT2D eigenvalue weighted by Gasteiger charge is -2.46. The van der Waals surface area contributed by atoms with Crippen LogP contribution in [0.3, 0.4) is 0 Å². The third-order valence-corrected chi connectivity index (χ3v) is 6.24. The van der Waals surface area contributed by atoms with Crippen molar-refractivity contribution in [2.45, 2.75) is 45.2 Å². The van der Waals surface area contributed by atoms with Crippen molar-refractivity contribution in [3.63, 3.8) is 0 Å². The van der Waals surface area contributed by atoms with Gasteiger partial charge in [0.05, 0.1) is 22.5 Å². The molecule has 0 unspecified atom stereocenters. The minimum Gasteiger partial charge on any atom is -0.348 e. The van der Waals surface area contributed by atoms with Gasteiger partial charge in [0.25, 0.3) is 5.91 Å². The predicted octanol–water partition coefficient (Wildman–Crippen LogP) is 3.19. The van der Waals surface area contributed by atoms with Crippen molar-refractivity contribution >= 4 is 22.8 Å². The van der Waals surface area contributed by atoms with E-state index in [0.29, 0.717) is 17.1 Å². The molecule has 29 heavy (non-hydrogen) atoms. The summed E-state index contributed by atoms with van der Waals surface area (Å²) in [6.45, 7) is 4.97. The summed E-state index contributed by atoms with van der Waals surface area (Å²) in [5.74, 6) is 0.549. The van der Waals surface area contributed by atoms with Gasteiger partial charge in [-0.15, -0.1) is 0 Å². The summed E-state index contributed by atoms with van der Waals surface area (Å²) in [6.07, 6.45) is 6.66. The van der Waals surface area contributed by atoms with Gasteiger partial charge >= 0.3 is 5.69 Å². The van der Waals surface area contributed by atoms with Crippen molar-refractivity contribution < 1.29 is 4.79 Å². The van der Waals surface area contributed by atoms with Crippen LogP contribution in [0.5, 0.6) is 0 Å². The highest BCUT2D eigenvalue weighted by Crippen LogP contribution is 2.36. The van der Waals surface area contributed by atoms with Crippen LogP contribution in [-0.4, -0.2) is 32.6 Å². The van der Waals surface area contributed by atoms with E-state index in [2.05, 4.69) is 20.2 Å². The van der Waals surface area contributed by atoms with Gasteiger partial charge in [0, 0.05) is 12.7 Å². The topological polar surface area (TPSA) is 83.0 Å². The molecular formula is C22H25N5O2. The van der Waals surface area contributed by atoms with Gasteiger partial charge in [0.1, 0.15) is 5.66 Å². The second kappa shape index (κ2) is 6.47. The lowest BCUT2D eigenvalue weighted by atomic mass is 9.97. The Bertz CT molecular complexity index is 1150. The molecule has 0 saturated heterocycles. The number of benzene rings is 1. The third-order valence-electron chi connectivity index (χ3n) is 6.24. The standard InChI is InChI=1S/C22H25N5O2/c1-22(2)25-20(28)16-10-9-15(12-18(16)26(22)13-14-6-3-4-7-14)27-17-8-5-11-23-19(17)24-21(27)29/h5,8-12,14H,3-4,6-7,13H2,1-2H3,(H,25,28)(H,23,24,29). The average Bonchev–Trinajstić information content (AvgIpc) is 3.31. The molecule has 1 aliphatic heterocycles. The van der Waals surface area contributed by atoms with Crippen LogP contribution < -0.4 is 15.9 Å². The van der Waals surface area contributed by atoms with E-state index in [9.17, 15) is 9.59 Å². The summed E-state index contributed by atoms with van der Waals surface area (Å²) >= 11 is 0. The van der Waals surface area contributed by atoms with E-state index < -0.39 is 5.66 Å². The molecule has 1 fully saturated rings. The number of carbonyl (C=O) groups excluding carboxylic acids is 1. The van der Waals surface area contributed by atoms with E-state index in [-0.39, 0.29) is 11.6 Å². The van der Waals surface area contributed by atoms with Gasteiger partial charge in [-0.3, -0.25) is 14.3 Å². The predicted molar refractivity (Wildman–Crippen MR) is 113 cm³/mol. The van der Waals surface area contributed by atoms with Gasteiger partial charge in [0.2, 0.25) is 0 Å². The van der Waals surface area contributed by atoms with Gasteiger partial charge in [-0.25, -0.2) is 9.78 Å². The first-order valence-corrected chi connectivity index (χ1v) is 10.2. The fourth-order valence-electron chi connectivity index (χ4n) is 4.76. The molecule has 1 saturated carbocycles. The van der Waals surface area contributed by atoms with Gasteiger partial charge in [-0.2, -0.15) is 0 Å².